The standard InChI is InChI=1S/C15H33N3O/c1-15(2,3)17-13-14-7-5-6-9-18(14)10-12-19-11-8-16-4/h14,16-17H,5-13H2,1-4H3. The zero-order valence-electron chi connectivity index (χ0n) is 13.3. The molecule has 19 heavy (non-hydrogen) atoms. The molecule has 0 aromatic carbocycles. The van der Waals surface area contributed by atoms with Gasteiger partial charge in [-0.05, 0) is 47.2 Å². The fraction of sp³-hybridized carbons (Fsp3) is 1.00. The van der Waals surface area contributed by atoms with Crippen LogP contribution in [0.25, 0.3) is 0 Å². The van der Waals surface area contributed by atoms with Crippen molar-refractivity contribution < 1.29 is 4.74 Å². The summed E-state index contributed by atoms with van der Waals surface area (Å²) >= 11 is 0. The Morgan fingerprint density at radius 3 is 2.68 bits per heavy atom. The highest BCUT2D eigenvalue weighted by molar-refractivity contribution is 4.82. The minimum atomic E-state index is 0.215. The van der Waals surface area contributed by atoms with E-state index >= 15 is 0 Å². The second-order valence-corrected chi connectivity index (χ2v) is 6.53. The zero-order chi connectivity index (χ0) is 14.1. The van der Waals surface area contributed by atoms with Crippen LogP contribution in [0.2, 0.25) is 0 Å². The third-order valence-corrected chi connectivity index (χ3v) is 3.64. The van der Waals surface area contributed by atoms with Crippen molar-refractivity contribution in [1.82, 2.24) is 15.5 Å². The maximum atomic E-state index is 5.65. The first-order valence-electron chi connectivity index (χ1n) is 7.74. The smallest absolute Gasteiger partial charge is 0.0594 e. The lowest BCUT2D eigenvalue weighted by Gasteiger charge is -2.37. The largest absolute Gasteiger partial charge is 0.379 e. The van der Waals surface area contributed by atoms with Gasteiger partial charge >= 0.3 is 0 Å². The van der Waals surface area contributed by atoms with Gasteiger partial charge < -0.3 is 15.4 Å². The first-order valence-corrected chi connectivity index (χ1v) is 7.74. The molecule has 1 atom stereocenters. The highest BCUT2D eigenvalue weighted by Gasteiger charge is 2.23. The molecule has 0 amide bonds. The number of hydrogen-bond donors (Lipinski definition) is 2. The van der Waals surface area contributed by atoms with Gasteiger partial charge in [0.2, 0.25) is 0 Å². The Hall–Kier alpha value is -0.160. The summed E-state index contributed by atoms with van der Waals surface area (Å²) in [6.45, 7) is 12.7. The van der Waals surface area contributed by atoms with Gasteiger partial charge in [-0.15, -0.1) is 0 Å². The highest BCUT2D eigenvalue weighted by Crippen LogP contribution is 2.16. The number of ether oxygens (including phenoxy) is 1. The van der Waals surface area contributed by atoms with E-state index in [0.29, 0.717) is 6.04 Å². The number of hydrogen-bond acceptors (Lipinski definition) is 4. The van der Waals surface area contributed by atoms with Crippen molar-refractivity contribution in [2.24, 2.45) is 0 Å². The molecule has 1 unspecified atom stereocenters. The predicted molar refractivity (Wildman–Crippen MR) is 81.7 cm³/mol. The van der Waals surface area contributed by atoms with E-state index in [-0.39, 0.29) is 5.54 Å². The van der Waals surface area contributed by atoms with Crippen LogP contribution in [0.4, 0.5) is 0 Å². The summed E-state index contributed by atoms with van der Waals surface area (Å²) in [5.74, 6) is 0. The van der Waals surface area contributed by atoms with Gasteiger partial charge in [0.25, 0.3) is 0 Å². The van der Waals surface area contributed by atoms with Gasteiger partial charge in [-0.1, -0.05) is 6.42 Å². The molecular weight excluding hydrogens is 238 g/mol. The maximum absolute atomic E-state index is 5.65. The second-order valence-electron chi connectivity index (χ2n) is 6.53. The number of nitrogens with zero attached hydrogens (tertiary/aromatic N) is 1. The fourth-order valence-corrected chi connectivity index (χ4v) is 2.47. The van der Waals surface area contributed by atoms with E-state index in [9.17, 15) is 0 Å². The van der Waals surface area contributed by atoms with Gasteiger partial charge in [0.15, 0.2) is 0 Å². The normalized spacial score (nSPS) is 21.8. The summed E-state index contributed by atoms with van der Waals surface area (Å²) in [7, 11) is 1.96. The molecule has 0 bridgehead atoms. The Kier molecular flexibility index (Phi) is 7.91. The van der Waals surface area contributed by atoms with Crippen LogP contribution >= 0.6 is 0 Å². The third kappa shape index (κ3) is 7.88. The summed E-state index contributed by atoms with van der Waals surface area (Å²) in [6, 6.07) is 0.681. The quantitative estimate of drug-likeness (QED) is 0.656. The molecule has 0 spiro atoms. The molecule has 2 N–H and O–H groups in total. The average Bonchev–Trinajstić information content (AvgIpc) is 2.36. The van der Waals surface area contributed by atoms with E-state index in [1.54, 1.807) is 0 Å². The molecule has 1 fully saturated rings. The molecule has 4 heteroatoms. The summed E-state index contributed by atoms with van der Waals surface area (Å²) in [4.78, 5) is 2.60. The van der Waals surface area contributed by atoms with Crippen LogP contribution in [0, 0.1) is 0 Å². The Labute approximate surface area is 119 Å². The number of piperidine rings is 1. The van der Waals surface area contributed by atoms with Crippen LogP contribution < -0.4 is 10.6 Å². The van der Waals surface area contributed by atoms with Crippen molar-refractivity contribution in [3.8, 4) is 0 Å². The number of rotatable bonds is 8. The van der Waals surface area contributed by atoms with Crippen LogP contribution in [0.1, 0.15) is 40.0 Å². The predicted octanol–water partition coefficient (Wildman–Crippen LogP) is 1.47. The molecule has 1 rings (SSSR count). The van der Waals surface area contributed by atoms with Gasteiger partial charge in [0.1, 0.15) is 0 Å². The van der Waals surface area contributed by atoms with Gasteiger partial charge in [-0.2, -0.15) is 0 Å². The number of nitrogens with one attached hydrogen (secondary N) is 2. The molecule has 0 aromatic rings. The molecule has 0 radical (unpaired) electrons. The van der Waals surface area contributed by atoms with Crippen molar-refractivity contribution >= 4 is 0 Å². The topological polar surface area (TPSA) is 36.5 Å². The van der Waals surface area contributed by atoms with Crippen molar-refractivity contribution in [1.29, 1.82) is 0 Å². The van der Waals surface area contributed by atoms with Gasteiger partial charge in [0, 0.05) is 31.2 Å². The minimum absolute atomic E-state index is 0.215. The molecular formula is C15H33N3O. The average molecular weight is 271 g/mol. The monoisotopic (exact) mass is 271 g/mol. The molecule has 1 aliphatic heterocycles. The first kappa shape index (κ1) is 16.9. The third-order valence-electron chi connectivity index (χ3n) is 3.64. The fourth-order valence-electron chi connectivity index (χ4n) is 2.47. The number of likely N-dealkylation sites (N-methyl/N-ethyl adjacent to an activating group) is 1. The van der Waals surface area contributed by atoms with Crippen LogP contribution in [0.3, 0.4) is 0 Å². The lowest BCUT2D eigenvalue weighted by atomic mass is 10.0. The van der Waals surface area contributed by atoms with Crippen LogP contribution in [-0.2, 0) is 4.74 Å². The number of likely N-dealkylation sites (tertiary alicyclic amines) is 1. The van der Waals surface area contributed by atoms with Crippen LogP contribution in [-0.4, -0.2) is 62.9 Å². The summed E-state index contributed by atoms with van der Waals surface area (Å²) in [5.41, 5.74) is 0.215. The second kappa shape index (κ2) is 8.90. The first-order chi connectivity index (χ1) is 9.03. The van der Waals surface area contributed by atoms with E-state index in [4.69, 9.17) is 4.74 Å². The zero-order valence-corrected chi connectivity index (χ0v) is 13.3. The Balaban J connectivity index is 2.23. The highest BCUT2D eigenvalue weighted by atomic mass is 16.5. The summed E-state index contributed by atoms with van der Waals surface area (Å²) < 4.78 is 5.65. The summed E-state index contributed by atoms with van der Waals surface area (Å²) in [6.07, 6.45) is 4.02. The van der Waals surface area contributed by atoms with Crippen molar-refractivity contribution in [3.05, 3.63) is 0 Å². The van der Waals surface area contributed by atoms with E-state index in [1.807, 2.05) is 7.05 Å². The van der Waals surface area contributed by atoms with Gasteiger partial charge in [-0.25, -0.2) is 0 Å². The van der Waals surface area contributed by atoms with Gasteiger partial charge in [-0.3, -0.25) is 4.90 Å². The lowest BCUT2D eigenvalue weighted by molar-refractivity contribution is 0.0710. The molecule has 4 nitrogen and oxygen atoms in total. The molecule has 114 valence electrons. The lowest BCUT2D eigenvalue weighted by Crippen LogP contribution is -2.50. The minimum Gasteiger partial charge on any atom is -0.379 e. The molecule has 0 saturated carbocycles. The molecule has 0 aromatic heterocycles. The van der Waals surface area contributed by atoms with Gasteiger partial charge in [0.05, 0.1) is 13.2 Å². The molecule has 1 aliphatic rings. The van der Waals surface area contributed by atoms with Crippen LogP contribution in [0.15, 0.2) is 0 Å². The summed E-state index contributed by atoms with van der Waals surface area (Å²) in [5, 5.41) is 6.74. The van der Waals surface area contributed by atoms with Crippen molar-refractivity contribution in [2.75, 3.05) is 46.4 Å². The van der Waals surface area contributed by atoms with Crippen molar-refractivity contribution in [2.45, 2.75) is 51.6 Å². The van der Waals surface area contributed by atoms with E-state index in [1.165, 1.54) is 25.8 Å². The van der Waals surface area contributed by atoms with Crippen LogP contribution in [0.5, 0.6) is 0 Å². The van der Waals surface area contributed by atoms with Crippen molar-refractivity contribution in [3.63, 3.8) is 0 Å². The van der Waals surface area contributed by atoms with E-state index in [0.717, 1.165) is 32.8 Å². The SMILES string of the molecule is CNCCOCCN1CCCCC1CNC(C)(C)C. The van der Waals surface area contributed by atoms with E-state index < -0.39 is 0 Å². The maximum Gasteiger partial charge on any atom is 0.0594 e. The Bertz CT molecular complexity index is 228. The van der Waals surface area contributed by atoms with E-state index in [2.05, 4.69) is 36.3 Å². The Morgan fingerprint density at radius 1 is 1.21 bits per heavy atom. The molecule has 1 saturated heterocycles. The molecule has 1 heterocycles. The molecule has 0 aliphatic carbocycles. The Morgan fingerprint density at radius 2 is 2.00 bits per heavy atom.